The second kappa shape index (κ2) is 10.3. The number of likely N-dealkylation sites (tertiary alicyclic amines) is 2. The Morgan fingerprint density at radius 1 is 0.912 bits per heavy atom. The van der Waals surface area contributed by atoms with Crippen LogP contribution in [0.2, 0.25) is 0 Å². The summed E-state index contributed by atoms with van der Waals surface area (Å²) < 4.78 is 7.89. The number of benzene rings is 1. The van der Waals surface area contributed by atoms with Crippen molar-refractivity contribution in [2.24, 2.45) is 5.92 Å². The van der Waals surface area contributed by atoms with E-state index >= 15 is 0 Å². The predicted molar refractivity (Wildman–Crippen MR) is 130 cm³/mol. The van der Waals surface area contributed by atoms with Crippen LogP contribution in [-0.4, -0.2) is 57.2 Å². The van der Waals surface area contributed by atoms with Crippen molar-refractivity contribution in [3.8, 4) is 5.75 Å². The van der Waals surface area contributed by atoms with Gasteiger partial charge in [0.1, 0.15) is 18.0 Å². The first-order valence-corrected chi connectivity index (χ1v) is 12.4. The van der Waals surface area contributed by atoms with E-state index in [1.54, 1.807) is 6.07 Å². The van der Waals surface area contributed by atoms with Crippen LogP contribution in [0.3, 0.4) is 0 Å². The average molecular weight is 461 g/mol. The molecule has 2 amide bonds. The topological polar surface area (TPSA) is 67.2 Å². The fraction of sp³-hybridized carbons (Fsp3) is 0.444. The molecule has 5 rings (SSSR count). The zero-order valence-electron chi connectivity index (χ0n) is 19.6. The molecule has 0 saturated carbocycles. The van der Waals surface area contributed by atoms with Gasteiger partial charge in [0.25, 0.3) is 5.91 Å². The van der Waals surface area contributed by atoms with Crippen molar-refractivity contribution in [2.75, 3.05) is 26.2 Å². The average Bonchev–Trinajstić information content (AvgIpc) is 3.11. The number of hydrogen-bond donors (Lipinski definition) is 0. The van der Waals surface area contributed by atoms with Crippen LogP contribution in [0.15, 0.2) is 54.9 Å². The fourth-order valence-electron chi connectivity index (χ4n) is 4.99. The number of ether oxygens (including phenoxy) is 1. The number of carbonyl (C=O) groups excluding carboxylic acids is 2. The summed E-state index contributed by atoms with van der Waals surface area (Å²) in [5, 5.41) is 0. The highest BCUT2D eigenvalue weighted by molar-refractivity contribution is 5.94. The third kappa shape index (κ3) is 5.08. The second-order valence-electron chi connectivity index (χ2n) is 9.32. The van der Waals surface area contributed by atoms with E-state index in [0.29, 0.717) is 31.0 Å². The molecule has 34 heavy (non-hydrogen) atoms. The van der Waals surface area contributed by atoms with E-state index in [1.807, 2.05) is 58.1 Å². The molecule has 0 radical (unpaired) electrons. The largest absolute Gasteiger partial charge is 0.487 e. The smallest absolute Gasteiger partial charge is 0.253 e. The zero-order chi connectivity index (χ0) is 23.3. The predicted octanol–water partition coefficient (Wildman–Crippen LogP) is 4.17. The van der Waals surface area contributed by atoms with Crippen molar-refractivity contribution in [1.82, 2.24) is 19.2 Å². The highest BCUT2D eigenvalue weighted by atomic mass is 16.5. The summed E-state index contributed by atoms with van der Waals surface area (Å²) in [5.41, 5.74) is 2.33. The molecule has 0 unspecified atom stereocenters. The van der Waals surface area contributed by atoms with Crippen molar-refractivity contribution in [3.05, 3.63) is 66.1 Å². The van der Waals surface area contributed by atoms with Crippen molar-refractivity contribution >= 4 is 17.5 Å². The van der Waals surface area contributed by atoms with E-state index in [9.17, 15) is 9.59 Å². The van der Waals surface area contributed by atoms with Gasteiger partial charge in [0, 0.05) is 50.1 Å². The van der Waals surface area contributed by atoms with E-state index in [0.717, 1.165) is 50.1 Å². The lowest BCUT2D eigenvalue weighted by molar-refractivity contribution is -0.136. The Kier molecular flexibility index (Phi) is 6.79. The number of aromatic nitrogens is 2. The Bertz CT molecular complexity index is 1110. The zero-order valence-corrected chi connectivity index (χ0v) is 19.6. The molecule has 0 aliphatic carbocycles. The molecule has 0 atom stereocenters. The first-order chi connectivity index (χ1) is 16.7. The standard InChI is InChI=1S/C27H32N4O3/c32-26(29-13-4-1-2-5-14-29)21-11-16-30(17-12-21)27(33)22-8-7-9-24(18-22)34-20-23-19-31-15-6-3-10-25(31)28-23/h3,6-10,15,18-19,21H,1-2,4-5,11-14,16-17,20H2. The minimum atomic E-state index is -0.00106. The maximum atomic E-state index is 13.1. The van der Waals surface area contributed by atoms with Crippen LogP contribution in [0.4, 0.5) is 0 Å². The van der Waals surface area contributed by atoms with Gasteiger partial charge >= 0.3 is 0 Å². The van der Waals surface area contributed by atoms with Crippen LogP contribution in [0.25, 0.3) is 5.65 Å². The third-order valence-corrected chi connectivity index (χ3v) is 6.93. The Labute approximate surface area is 200 Å². The number of rotatable bonds is 5. The van der Waals surface area contributed by atoms with Crippen molar-refractivity contribution in [3.63, 3.8) is 0 Å². The lowest BCUT2D eigenvalue weighted by Gasteiger charge is -2.34. The first-order valence-electron chi connectivity index (χ1n) is 12.4. The molecule has 0 bridgehead atoms. The maximum absolute atomic E-state index is 13.1. The van der Waals surface area contributed by atoms with Crippen LogP contribution in [0.1, 0.15) is 54.6 Å². The number of imidazole rings is 1. The van der Waals surface area contributed by atoms with Gasteiger partial charge in [-0.2, -0.15) is 0 Å². The third-order valence-electron chi connectivity index (χ3n) is 6.93. The molecule has 2 aromatic heterocycles. The molecule has 2 aliphatic rings. The van der Waals surface area contributed by atoms with E-state index in [-0.39, 0.29) is 17.7 Å². The molecule has 7 nitrogen and oxygen atoms in total. The van der Waals surface area contributed by atoms with Crippen LogP contribution in [0.5, 0.6) is 5.75 Å². The van der Waals surface area contributed by atoms with Gasteiger partial charge in [-0.25, -0.2) is 4.98 Å². The summed E-state index contributed by atoms with van der Waals surface area (Å²) in [4.78, 5) is 34.5. The number of piperidine rings is 1. The number of pyridine rings is 1. The Hall–Kier alpha value is -3.35. The van der Waals surface area contributed by atoms with E-state index in [2.05, 4.69) is 9.88 Å². The van der Waals surface area contributed by atoms with Gasteiger partial charge in [-0.3, -0.25) is 9.59 Å². The van der Waals surface area contributed by atoms with E-state index < -0.39 is 0 Å². The molecule has 178 valence electrons. The Morgan fingerprint density at radius 3 is 2.47 bits per heavy atom. The SMILES string of the molecule is O=C(c1cccc(OCc2cn3ccccc3n2)c1)N1CCC(C(=O)N2CCCCCC2)CC1. The number of amides is 2. The van der Waals surface area contributed by atoms with Crippen molar-refractivity contribution in [2.45, 2.75) is 45.1 Å². The monoisotopic (exact) mass is 460 g/mol. The van der Waals surface area contributed by atoms with Gasteiger partial charge in [0.05, 0.1) is 5.69 Å². The fourth-order valence-corrected chi connectivity index (χ4v) is 4.99. The molecule has 0 spiro atoms. The Morgan fingerprint density at radius 2 is 1.71 bits per heavy atom. The number of hydrogen-bond acceptors (Lipinski definition) is 4. The summed E-state index contributed by atoms with van der Waals surface area (Å²) in [6, 6.07) is 13.2. The summed E-state index contributed by atoms with van der Waals surface area (Å²) in [6.07, 6.45) is 10.0. The normalized spacial score (nSPS) is 17.5. The number of fused-ring (bicyclic) bond motifs is 1. The van der Waals surface area contributed by atoms with Gasteiger partial charge in [-0.1, -0.05) is 25.0 Å². The summed E-state index contributed by atoms with van der Waals surface area (Å²) >= 11 is 0. The van der Waals surface area contributed by atoms with E-state index in [4.69, 9.17) is 4.74 Å². The van der Waals surface area contributed by atoms with Gasteiger partial charge in [0.15, 0.2) is 0 Å². The van der Waals surface area contributed by atoms with Gasteiger partial charge < -0.3 is 18.9 Å². The molecule has 2 saturated heterocycles. The van der Waals surface area contributed by atoms with Gasteiger partial charge in [-0.05, 0) is 56.0 Å². The molecule has 7 heteroatoms. The van der Waals surface area contributed by atoms with Gasteiger partial charge in [-0.15, -0.1) is 0 Å². The molecule has 2 fully saturated rings. The molecule has 4 heterocycles. The molecular weight excluding hydrogens is 428 g/mol. The van der Waals surface area contributed by atoms with Crippen molar-refractivity contribution in [1.29, 1.82) is 0 Å². The summed E-state index contributed by atoms with van der Waals surface area (Å²) in [5.74, 6) is 0.978. The molecule has 1 aromatic carbocycles. The molecule has 3 aromatic rings. The second-order valence-corrected chi connectivity index (χ2v) is 9.32. The molecule has 0 N–H and O–H groups in total. The van der Waals surface area contributed by atoms with Crippen LogP contribution < -0.4 is 4.74 Å². The highest BCUT2D eigenvalue weighted by Crippen LogP contribution is 2.24. The van der Waals surface area contributed by atoms with Crippen LogP contribution >= 0.6 is 0 Å². The first kappa shape index (κ1) is 22.4. The lowest BCUT2D eigenvalue weighted by Crippen LogP contribution is -2.44. The lowest BCUT2D eigenvalue weighted by atomic mass is 9.94. The maximum Gasteiger partial charge on any atom is 0.253 e. The minimum absolute atomic E-state index is 0.00106. The van der Waals surface area contributed by atoms with Crippen molar-refractivity contribution < 1.29 is 14.3 Å². The number of nitrogens with zero attached hydrogens (tertiary/aromatic N) is 4. The summed E-state index contributed by atoms with van der Waals surface area (Å²) in [7, 11) is 0. The van der Waals surface area contributed by atoms with Crippen LogP contribution in [-0.2, 0) is 11.4 Å². The van der Waals surface area contributed by atoms with Gasteiger partial charge in [0.2, 0.25) is 5.91 Å². The minimum Gasteiger partial charge on any atom is -0.487 e. The van der Waals surface area contributed by atoms with Crippen LogP contribution in [0, 0.1) is 5.92 Å². The quantitative estimate of drug-likeness (QED) is 0.573. The molecule has 2 aliphatic heterocycles. The number of carbonyl (C=O) groups is 2. The highest BCUT2D eigenvalue weighted by Gasteiger charge is 2.30. The Balaban J connectivity index is 1.16. The summed E-state index contributed by atoms with van der Waals surface area (Å²) in [6.45, 7) is 3.35. The molecular formula is C27H32N4O3. The van der Waals surface area contributed by atoms with E-state index in [1.165, 1.54) is 12.8 Å².